The summed E-state index contributed by atoms with van der Waals surface area (Å²) in [6.45, 7) is -1.62. The van der Waals surface area contributed by atoms with Crippen molar-refractivity contribution in [1.29, 1.82) is 0 Å². The summed E-state index contributed by atoms with van der Waals surface area (Å²) in [5, 5.41) is 19.3. The van der Waals surface area contributed by atoms with Crippen LogP contribution in [0.5, 0.6) is 0 Å². The molecule has 0 radical (unpaired) electrons. The standard InChI is InChI=1S/C11H10BrFN2O5/c12-6-1-2-7(13)8(3-6)14-11(20)15(4-9(16)17)5-10(18)19/h1-3H,4-5H2,(H,14,20)(H,16,17)(H,18,19). The van der Waals surface area contributed by atoms with Crippen molar-refractivity contribution in [2.75, 3.05) is 18.4 Å². The van der Waals surface area contributed by atoms with Crippen LogP contribution < -0.4 is 5.32 Å². The van der Waals surface area contributed by atoms with E-state index in [1.807, 2.05) is 0 Å². The van der Waals surface area contributed by atoms with Gasteiger partial charge in [-0.05, 0) is 18.2 Å². The average Bonchev–Trinajstić information content (AvgIpc) is 2.31. The fraction of sp³-hybridized carbons (Fsp3) is 0.182. The number of carboxylic acids is 2. The Morgan fingerprint density at radius 2 is 1.75 bits per heavy atom. The van der Waals surface area contributed by atoms with Crippen LogP contribution in [0, 0.1) is 5.82 Å². The number of benzene rings is 1. The highest BCUT2D eigenvalue weighted by Gasteiger charge is 2.20. The number of carboxylic acid groups (broad SMARTS) is 2. The first-order chi connectivity index (χ1) is 9.29. The fourth-order valence-corrected chi connectivity index (χ4v) is 1.67. The van der Waals surface area contributed by atoms with Gasteiger partial charge < -0.3 is 20.4 Å². The van der Waals surface area contributed by atoms with Gasteiger partial charge in [-0.3, -0.25) is 9.59 Å². The number of carbonyl (C=O) groups excluding carboxylic acids is 1. The van der Waals surface area contributed by atoms with Crippen molar-refractivity contribution in [3.05, 3.63) is 28.5 Å². The minimum Gasteiger partial charge on any atom is -0.480 e. The van der Waals surface area contributed by atoms with Crippen LogP contribution in [0.3, 0.4) is 0 Å². The molecule has 0 aliphatic rings. The lowest BCUT2D eigenvalue weighted by atomic mass is 10.3. The van der Waals surface area contributed by atoms with Gasteiger partial charge in [0, 0.05) is 4.47 Å². The van der Waals surface area contributed by atoms with E-state index >= 15 is 0 Å². The van der Waals surface area contributed by atoms with Crippen LogP contribution in [0.1, 0.15) is 0 Å². The fourth-order valence-electron chi connectivity index (χ4n) is 1.31. The quantitative estimate of drug-likeness (QED) is 0.748. The lowest BCUT2D eigenvalue weighted by molar-refractivity contribution is -0.140. The molecule has 20 heavy (non-hydrogen) atoms. The van der Waals surface area contributed by atoms with Gasteiger partial charge in [-0.1, -0.05) is 15.9 Å². The van der Waals surface area contributed by atoms with Crippen molar-refractivity contribution < 1.29 is 29.0 Å². The van der Waals surface area contributed by atoms with Crippen molar-refractivity contribution in [2.24, 2.45) is 0 Å². The molecule has 0 saturated heterocycles. The maximum Gasteiger partial charge on any atom is 0.323 e. The molecule has 0 saturated carbocycles. The normalized spacial score (nSPS) is 9.90. The number of amides is 2. The first-order valence-electron chi connectivity index (χ1n) is 5.24. The monoisotopic (exact) mass is 348 g/mol. The molecule has 0 aliphatic carbocycles. The summed E-state index contributed by atoms with van der Waals surface area (Å²) in [6, 6.07) is 2.76. The van der Waals surface area contributed by atoms with Gasteiger partial charge in [0.15, 0.2) is 0 Å². The molecule has 0 unspecified atom stereocenters. The summed E-state index contributed by atoms with van der Waals surface area (Å²) in [7, 11) is 0. The van der Waals surface area contributed by atoms with Crippen molar-refractivity contribution in [3.8, 4) is 0 Å². The SMILES string of the molecule is O=C(O)CN(CC(=O)O)C(=O)Nc1cc(Br)ccc1F. The number of anilines is 1. The molecular formula is C11H10BrFN2O5. The minimum absolute atomic E-state index is 0.190. The van der Waals surface area contributed by atoms with Gasteiger partial charge >= 0.3 is 18.0 Å². The van der Waals surface area contributed by atoms with Crippen molar-refractivity contribution >= 4 is 39.6 Å². The van der Waals surface area contributed by atoms with Crippen LogP contribution in [0.15, 0.2) is 22.7 Å². The van der Waals surface area contributed by atoms with E-state index in [-0.39, 0.29) is 5.69 Å². The Bertz CT molecular complexity index is 536. The first kappa shape index (κ1) is 15.9. The largest absolute Gasteiger partial charge is 0.480 e. The highest BCUT2D eigenvalue weighted by molar-refractivity contribution is 9.10. The summed E-state index contributed by atoms with van der Waals surface area (Å²) in [6.07, 6.45) is 0. The first-order valence-corrected chi connectivity index (χ1v) is 6.03. The highest BCUT2D eigenvalue weighted by Crippen LogP contribution is 2.20. The molecule has 0 atom stereocenters. The van der Waals surface area contributed by atoms with Crippen LogP contribution in [0.25, 0.3) is 0 Å². The molecule has 1 rings (SSSR count). The third-order valence-electron chi connectivity index (χ3n) is 2.11. The lowest BCUT2D eigenvalue weighted by Gasteiger charge is -2.19. The molecule has 7 nitrogen and oxygen atoms in total. The zero-order valence-corrected chi connectivity index (χ0v) is 11.6. The van der Waals surface area contributed by atoms with Crippen LogP contribution in [-0.4, -0.2) is 46.2 Å². The summed E-state index contributed by atoms with van der Waals surface area (Å²) in [5.74, 6) is -3.49. The third kappa shape index (κ3) is 4.84. The van der Waals surface area contributed by atoms with Crippen LogP contribution >= 0.6 is 15.9 Å². The molecule has 0 aliphatic heterocycles. The van der Waals surface area contributed by atoms with Crippen LogP contribution in [-0.2, 0) is 9.59 Å². The molecule has 0 heterocycles. The molecule has 0 spiro atoms. The van der Waals surface area contributed by atoms with Gasteiger partial charge in [-0.2, -0.15) is 0 Å². The highest BCUT2D eigenvalue weighted by atomic mass is 79.9. The molecule has 2 amide bonds. The Hall–Kier alpha value is -2.16. The second-order valence-corrected chi connectivity index (χ2v) is 4.61. The topological polar surface area (TPSA) is 107 Å². The van der Waals surface area contributed by atoms with Gasteiger partial charge in [0.05, 0.1) is 5.69 Å². The maximum atomic E-state index is 13.4. The second kappa shape index (κ2) is 6.85. The smallest absolute Gasteiger partial charge is 0.323 e. The Labute approximate surface area is 121 Å². The number of nitrogens with one attached hydrogen (secondary N) is 1. The number of halogens is 2. The number of hydrogen-bond acceptors (Lipinski definition) is 3. The molecule has 3 N–H and O–H groups in total. The number of urea groups is 1. The Morgan fingerprint density at radius 3 is 2.25 bits per heavy atom. The van der Waals surface area contributed by atoms with Gasteiger partial charge in [0.1, 0.15) is 18.9 Å². The molecule has 108 valence electrons. The van der Waals surface area contributed by atoms with Gasteiger partial charge in [-0.15, -0.1) is 0 Å². The molecule has 0 aromatic heterocycles. The number of hydrogen-bond donors (Lipinski definition) is 3. The molecule has 1 aromatic carbocycles. The van der Waals surface area contributed by atoms with E-state index in [4.69, 9.17) is 10.2 Å². The Kier molecular flexibility index (Phi) is 5.44. The summed E-state index contributed by atoms with van der Waals surface area (Å²) in [5.41, 5.74) is -0.190. The van der Waals surface area contributed by atoms with Crippen molar-refractivity contribution in [3.63, 3.8) is 0 Å². The number of rotatable bonds is 5. The van der Waals surface area contributed by atoms with E-state index in [2.05, 4.69) is 21.2 Å². The van der Waals surface area contributed by atoms with E-state index in [9.17, 15) is 18.8 Å². The maximum absolute atomic E-state index is 13.4. The summed E-state index contributed by atoms with van der Waals surface area (Å²) < 4.78 is 13.9. The zero-order chi connectivity index (χ0) is 15.3. The summed E-state index contributed by atoms with van der Waals surface area (Å²) in [4.78, 5) is 33.4. The molecule has 0 fully saturated rings. The lowest BCUT2D eigenvalue weighted by Crippen LogP contribution is -2.42. The molecule has 9 heteroatoms. The molecular weight excluding hydrogens is 339 g/mol. The van der Waals surface area contributed by atoms with Crippen LogP contribution in [0.2, 0.25) is 0 Å². The summed E-state index contributed by atoms with van der Waals surface area (Å²) >= 11 is 3.08. The predicted octanol–water partition coefficient (Wildman–Crippen LogP) is 1.59. The van der Waals surface area contributed by atoms with E-state index in [1.165, 1.54) is 12.1 Å². The van der Waals surface area contributed by atoms with E-state index in [0.29, 0.717) is 9.37 Å². The van der Waals surface area contributed by atoms with Gasteiger partial charge in [0.25, 0.3) is 0 Å². The average molecular weight is 349 g/mol. The van der Waals surface area contributed by atoms with Crippen molar-refractivity contribution in [1.82, 2.24) is 4.90 Å². The number of aliphatic carboxylic acids is 2. The van der Waals surface area contributed by atoms with E-state index in [0.717, 1.165) is 6.07 Å². The zero-order valence-electron chi connectivity index (χ0n) is 9.97. The Morgan fingerprint density at radius 1 is 1.20 bits per heavy atom. The van der Waals surface area contributed by atoms with Crippen LogP contribution in [0.4, 0.5) is 14.9 Å². The van der Waals surface area contributed by atoms with Crippen molar-refractivity contribution in [2.45, 2.75) is 0 Å². The second-order valence-electron chi connectivity index (χ2n) is 3.70. The van der Waals surface area contributed by atoms with Gasteiger partial charge in [-0.25, -0.2) is 9.18 Å². The van der Waals surface area contributed by atoms with E-state index in [1.54, 1.807) is 0 Å². The van der Waals surface area contributed by atoms with E-state index < -0.39 is 36.9 Å². The minimum atomic E-state index is -1.38. The molecule has 1 aromatic rings. The number of nitrogens with zero attached hydrogens (tertiary/aromatic N) is 1. The van der Waals surface area contributed by atoms with Gasteiger partial charge in [0.2, 0.25) is 0 Å². The number of carbonyl (C=O) groups is 3. The predicted molar refractivity (Wildman–Crippen MR) is 70.0 cm³/mol. The Balaban J connectivity index is 2.86. The third-order valence-corrected chi connectivity index (χ3v) is 2.60. The molecule has 0 bridgehead atoms.